The zero-order valence-corrected chi connectivity index (χ0v) is 18.3. The van der Waals surface area contributed by atoms with Crippen LogP contribution in [-0.4, -0.2) is 20.4 Å². The molecule has 0 fully saturated rings. The van der Waals surface area contributed by atoms with E-state index >= 15 is 0 Å². The van der Waals surface area contributed by atoms with Crippen molar-refractivity contribution < 1.29 is 8.42 Å². The molecule has 4 rings (SSSR count). The molecule has 0 aromatic heterocycles. The summed E-state index contributed by atoms with van der Waals surface area (Å²) >= 11 is 0. The van der Waals surface area contributed by atoms with E-state index in [2.05, 4.69) is 38.1 Å². The number of rotatable bonds is 5. The molecule has 0 spiro atoms. The van der Waals surface area contributed by atoms with Crippen LogP contribution in [0.2, 0.25) is 0 Å². The van der Waals surface area contributed by atoms with Crippen LogP contribution in [0, 0.1) is 5.41 Å². The molecular formula is C26H25NO2S. The lowest BCUT2D eigenvalue weighted by Crippen LogP contribution is -2.38. The molecule has 0 unspecified atom stereocenters. The molecule has 3 aromatic rings. The van der Waals surface area contributed by atoms with E-state index in [1.807, 2.05) is 48.5 Å². The van der Waals surface area contributed by atoms with Crippen LogP contribution in [0.1, 0.15) is 30.5 Å². The first kappa shape index (κ1) is 20.3. The Bertz CT molecular complexity index is 1220. The van der Waals surface area contributed by atoms with Gasteiger partial charge in [0.2, 0.25) is 0 Å². The highest BCUT2D eigenvalue weighted by Gasteiger charge is 2.44. The summed E-state index contributed by atoms with van der Waals surface area (Å²) in [6.07, 6.45) is 1.23. The highest BCUT2D eigenvalue weighted by molar-refractivity contribution is 7.90. The highest BCUT2D eigenvalue weighted by Crippen LogP contribution is 2.53. The molecule has 0 aliphatic heterocycles. The first-order valence-electron chi connectivity index (χ1n) is 9.98. The van der Waals surface area contributed by atoms with Gasteiger partial charge in [0.25, 0.3) is 0 Å². The SMILES string of the molecule is CC1(C)C(=NCc2ccccc2)C(c2ccccc2)=C1c1ccc(S(C)(=O)=O)cc1. The second kappa shape index (κ2) is 7.69. The maximum absolute atomic E-state index is 11.9. The fourth-order valence-corrected chi connectivity index (χ4v) is 4.72. The zero-order valence-electron chi connectivity index (χ0n) is 17.5. The average molecular weight is 416 g/mol. The third kappa shape index (κ3) is 3.75. The summed E-state index contributed by atoms with van der Waals surface area (Å²) in [5.41, 5.74) is 6.53. The van der Waals surface area contributed by atoms with Crippen LogP contribution in [0.3, 0.4) is 0 Å². The summed E-state index contributed by atoms with van der Waals surface area (Å²) in [6, 6.07) is 27.7. The minimum atomic E-state index is -3.22. The monoisotopic (exact) mass is 415 g/mol. The van der Waals surface area contributed by atoms with Gasteiger partial charge in [0, 0.05) is 17.2 Å². The predicted molar refractivity (Wildman–Crippen MR) is 124 cm³/mol. The Morgan fingerprint density at radius 3 is 1.90 bits per heavy atom. The van der Waals surface area contributed by atoms with Crippen molar-refractivity contribution in [2.24, 2.45) is 10.4 Å². The van der Waals surface area contributed by atoms with Crippen LogP contribution in [-0.2, 0) is 16.4 Å². The Labute approximate surface area is 178 Å². The summed E-state index contributed by atoms with van der Waals surface area (Å²) in [7, 11) is -3.22. The molecule has 4 heteroatoms. The van der Waals surface area contributed by atoms with Gasteiger partial charge in [-0.25, -0.2) is 8.42 Å². The van der Waals surface area contributed by atoms with Gasteiger partial charge in [0.05, 0.1) is 17.2 Å². The molecule has 0 saturated heterocycles. The van der Waals surface area contributed by atoms with E-state index in [-0.39, 0.29) is 5.41 Å². The Morgan fingerprint density at radius 1 is 0.767 bits per heavy atom. The normalized spacial score (nSPS) is 17.1. The van der Waals surface area contributed by atoms with E-state index in [0.717, 1.165) is 22.4 Å². The standard InChI is InChI=1S/C26H25NO2S/c1-26(2)24(21-14-16-22(17-15-21)30(3,28)29)23(20-12-8-5-9-13-20)25(26)27-18-19-10-6-4-7-11-19/h4-17H,18H2,1-3H3. The van der Waals surface area contributed by atoms with Gasteiger partial charge in [0.1, 0.15) is 0 Å². The molecular weight excluding hydrogens is 390 g/mol. The summed E-state index contributed by atoms with van der Waals surface area (Å²) in [6.45, 7) is 5.00. The molecule has 0 amide bonds. The molecule has 0 N–H and O–H groups in total. The van der Waals surface area contributed by atoms with Crippen LogP contribution in [0.5, 0.6) is 0 Å². The number of aliphatic imine (C=N–C) groups is 1. The molecule has 30 heavy (non-hydrogen) atoms. The van der Waals surface area contributed by atoms with Crippen LogP contribution in [0.25, 0.3) is 11.1 Å². The number of allylic oxidation sites excluding steroid dienone is 2. The van der Waals surface area contributed by atoms with Gasteiger partial charge in [-0.15, -0.1) is 0 Å². The van der Waals surface area contributed by atoms with Crippen molar-refractivity contribution in [2.45, 2.75) is 25.3 Å². The fraction of sp³-hybridized carbons (Fsp3) is 0.192. The lowest BCUT2D eigenvalue weighted by Gasteiger charge is -2.43. The van der Waals surface area contributed by atoms with Crippen LogP contribution >= 0.6 is 0 Å². The van der Waals surface area contributed by atoms with Crippen LogP contribution < -0.4 is 0 Å². The van der Waals surface area contributed by atoms with Crippen molar-refractivity contribution >= 4 is 26.7 Å². The van der Waals surface area contributed by atoms with E-state index in [0.29, 0.717) is 11.4 Å². The number of hydrogen-bond donors (Lipinski definition) is 0. The molecule has 3 aromatic carbocycles. The first-order valence-corrected chi connectivity index (χ1v) is 11.9. The molecule has 0 bridgehead atoms. The van der Waals surface area contributed by atoms with E-state index in [9.17, 15) is 8.42 Å². The highest BCUT2D eigenvalue weighted by atomic mass is 32.2. The molecule has 0 saturated carbocycles. The second-order valence-electron chi connectivity index (χ2n) is 8.19. The summed E-state index contributed by atoms with van der Waals surface area (Å²) < 4.78 is 23.7. The number of sulfone groups is 1. The molecule has 0 heterocycles. The number of nitrogens with zero attached hydrogens (tertiary/aromatic N) is 1. The Hall–Kier alpha value is -2.98. The smallest absolute Gasteiger partial charge is 0.175 e. The van der Waals surface area contributed by atoms with Gasteiger partial charge >= 0.3 is 0 Å². The van der Waals surface area contributed by atoms with Crippen molar-refractivity contribution in [3.8, 4) is 0 Å². The van der Waals surface area contributed by atoms with Crippen molar-refractivity contribution in [1.82, 2.24) is 0 Å². The average Bonchev–Trinajstić information content (AvgIpc) is 2.73. The lowest BCUT2D eigenvalue weighted by atomic mass is 9.60. The van der Waals surface area contributed by atoms with E-state index in [1.54, 1.807) is 12.1 Å². The van der Waals surface area contributed by atoms with E-state index < -0.39 is 9.84 Å². The first-order chi connectivity index (χ1) is 14.3. The molecule has 1 aliphatic rings. The summed E-state index contributed by atoms with van der Waals surface area (Å²) in [5, 5.41) is 0. The summed E-state index contributed by atoms with van der Waals surface area (Å²) in [5.74, 6) is 0. The van der Waals surface area contributed by atoms with Crippen LogP contribution in [0.4, 0.5) is 0 Å². The van der Waals surface area contributed by atoms with Crippen molar-refractivity contribution in [3.63, 3.8) is 0 Å². The second-order valence-corrected chi connectivity index (χ2v) is 10.2. The van der Waals surface area contributed by atoms with E-state index in [1.165, 1.54) is 17.4 Å². The molecule has 0 radical (unpaired) electrons. The third-order valence-electron chi connectivity index (χ3n) is 5.60. The van der Waals surface area contributed by atoms with Gasteiger partial charge in [-0.05, 0) is 34.4 Å². The van der Waals surface area contributed by atoms with Gasteiger partial charge in [-0.1, -0.05) is 86.6 Å². The maximum Gasteiger partial charge on any atom is 0.175 e. The molecule has 1 aliphatic carbocycles. The Kier molecular flexibility index (Phi) is 5.20. The summed E-state index contributed by atoms with van der Waals surface area (Å²) in [4.78, 5) is 5.34. The number of hydrogen-bond acceptors (Lipinski definition) is 3. The van der Waals surface area contributed by atoms with Gasteiger partial charge in [0.15, 0.2) is 9.84 Å². The van der Waals surface area contributed by atoms with Crippen molar-refractivity contribution in [3.05, 3.63) is 102 Å². The van der Waals surface area contributed by atoms with Crippen molar-refractivity contribution in [2.75, 3.05) is 6.26 Å². The number of benzene rings is 3. The zero-order chi connectivity index (χ0) is 21.4. The maximum atomic E-state index is 11.9. The predicted octanol–water partition coefficient (Wildman–Crippen LogP) is 5.68. The topological polar surface area (TPSA) is 46.5 Å². The quantitative estimate of drug-likeness (QED) is 0.538. The Morgan fingerprint density at radius 2 is 1.33 bits per heavy atom. The van der Waals surface area contributed by atoms with Gasteiger partial charge in [-0.2, -0.15) is 0 Å². The molecule has 3 nitrogen and oxygen atoms in total. The minimum Gasteiger partial charge on any atom is -0.283 e. The molecule has 152 valence electrons. The minimum absolute atomic E-state index is 0.230. The Balaban J connectivity index is 1.82. The van der Waals surface area contributed by atoms with E-state index in [4.69, 9.17) is 4.99 Å². The van der Waals surface area contributed by atoms with Crippen LogP contribution in [0.15, 0.2) is 94.8 Å². The van der Waals surface area contributed by atoms with Crippen molar-refractivity contribution in [1.29, 1.82) is 0 Å². The fourth-order valence-electron chi connectivity index (χ4n) is 4.09. The van der Waals surface area contributed by atoms with Gasteiger partial charge in [-0.3, -0.25) is 4.99 Å². The third-order valence-corrected chi connectivity index (χ3v) is 6.73. The molecule has 0 atom stereocenters. The lowest BCUT2D eigenvalue weighted by molar-refractivity contribution is 0.602. The van der Waals surface area contributed by atoms with Gasteiger partial charge < -0.3 is 0 Å². The largest absolute Gasteiger partial charge is 0.283 e.